The van der Waals surface area contributed by atoms with Crippen molar-refractivity contribution in [1.82, 2.24) is 9.13 Å². The summed E-state index contributed by atoms with van der Waals surface area (Å²) in [5.74, 6) is 0.152. The van der Waals surface area contributed by atoms with Crippen molar-refractivity contribution >= 4 is 97.0 Å². The van der Waals surface area contributed by atoms with Crippen molar-refractivity contribution in [1.29, 1.82) is 0 Å². The van der Waals surface area contributed by atoms with Crippen molar-refractivity contribution in [2.24, 2.45) is 5.92 Å². The smallest absolute Gasteiger partial charge is 0.0541 e. The lowest BCUT2D eigenvalue weighted by molar-refractivity contribution is 0.985. The zero-order valence-electron chi connectivity index (χ0n) is 34.0. The number of thiophene rings is 1. The number of aromatic nitrogens is 2. The molecule has 290 valence electrons. The molecule has 1 unspecified atom stereocenters. The molecule has 2 nitrogen and oxygen atoms in total. The fourth-order valence-corrected chi connectivity index (χ4v) is 11.4. The van der Waals surface area contributed by atoms with Crippen LogP contribution in [-0.4, -0.2) is 9.13 Å². The van der Waals surface area contributed by atoms with Gasteiger partial charge in [0.1, 0.15) is 0 Å². The van der Waals surface area contributed by atoms with Crippen LogP contribution in [0.5, 0.6) is 0 Å². The quantitative estimate of drug-likeness (QED) is 0.153. The molecule has 0 spiro atoms. The van der Waals surface area contributed by atoms with Crippen molar-refractivity contribution < 1.29 is 0 Å². The van der Waals surface area contributed by atoms with Gasteiger partial charge in [-0.1, -0.05) is 128 Å². The second kappa shape index (κ2) is 13.7. The Balaban J connectivity index is 0.892. The first-order valence-corrected chi connectivity index (χ1v) is 22.2. The predicted molar refractivity (Wildman–Crippen MR) is 266 cm³/mol. The molecule has 0 amide bonds. The van der Waals surface area contributed by atoms with Gasteiger partial charge in [0.25, 0.3) is 0 Å². The molecule has 3 heteroatoms. The molecule has 0 saturated heterocycles. The number of allylic oxidation sites excluding steroid dienone is 3. The molecule has 0 fully saturated rings. The van der Waals surface area contributed by atoms with Crippen LogP contribution < -0.4 is 0 Å². The highest BCUT2D eigenvalue weighted by Crippen LogP contribution is 2.43. The predicted octanol–water partition coefficient (Wildman–Crippen LogP) is 16.3. The van der Waals surface area contributed by atoms with E-state index in [1.807, 2.05) is 11.3 Å². The molecule has 0 saturated carbocycles. The van der Waals surface area contributed by atoms with Gasteiger partial charge in [-0.15, -0.1) is 17.1 Å². The van der Waals surface area contributed by atoms with E-state index in [0.717, 1.165) is 0 Å². The van der Waals surface area contributed by atoms with E-state index in [9.17, 15) is 0 Å². The average Bonchev–Trinajstić information content (AvgIpc) is 3.98. The molecular formula is C59H38N2S. The maximum Gasteiger partial charge on any atom is 0.0541 e. The van der Waals surface area contributed by atoms with Crippen LogP contribution in [-0.2, 0) is 0 Å². The molecule has 0 aliphatic heterocycles. The Morgan fingerprint density at radius 3 is 1.76 bits per heavy atom. The third kappa shape index (κ3) is 5.29. The molecule has 1 atom stereocenters. The van der Waals surface area contributed by atoms with E-state index < -0.39 is 0 Å². The molecule has 0 radical (unpaired) electrons. The molecule has 1 aliphatic carbocycles. The third-order valence-electron chi connectivity index (χ3n) is 13.2. The van der Waals surface area contributed by atoms with Crippen LogP contribution in [0.2, 0.25) is 0 Å². The summed E-state index contributed by atoms with van der Waals surface area (Å²) in [7, 11) is 0. The summed E-state index contributed by atoms with van der Waals surface area (Å²) in [5, 5.41) is 10.2. The summed E-state index contributed by atoms with van der Waals surface area (Å²) in [6.45, 7) is 2.33. The number of hydrogen-bond donors (Lipinski definition) is 0. The fraction of sp³-hybridized carbons (Fsp3) is 0.0339. The number of benzene rings is 9. The highest BCUT2D eigenvalue weighted by molar-refractivity contribution is 7.25. The molecule has 3 heterocycles. The van der Waals surface area contributed by atoms with E-state index in [-0.39, 0.29) is 5.92 Å². The number of para-hydroxylation sites is 3. The van der Waals surface area contributed by atoms with Crippen LogP contribution in [0, 0.1) is 5.92 Å². The summed E-state index contributed by atoms with van der Waals surface area (Å²) in [6.07, 6.45) is 4.37. The number of rotatable bonds is 5. The van der Waals surface area contributed by atoms with Crippen molar-refractivity contribution in [3.05, 3.63) is 223 Å². The van der Waals surface area contributed by atoms with Crippen LogP contribution in [0.1, 0.15) is 18.1 Å². The minimum absolute atomic E-state index is 0.152. The summed E-state index contributed by atoms with van der Waals surface area (Å²) in [5.41, 5.74) is 18.4. The van der Waals surface area contributed by atoms with Crippen LogP contribution in [0.15, 0.2) is 212 Å². The Morgan fingerprint density at radius 1 is 0.419 bits per heavy atom. The lowest BCUT2D eigenvalue weighted by Gasteiger charge is -2.21. The molecule has 0 N–H and O–H groups in total. The highest BCUT2D eigenvalue weighted by Gasteiger charge is 2.23. The van der Waals surface area contributed by atoms with E-state index in [0.29, 0.717) is 0 Å². The maximum atomic E-state index is 3.68. The summed E-state index contributed by atoms with van der Waals surface area (Å²) >= 11 is 1.87. The Hall–Kier alpha value is -7.68. The minimum atomic E-state index is 0.152. The van der Waals surface area contributed by atoms with Gasteiger partial charge in [-0.2, -0.15) is 0 Å². The van der Waals surface area contributed by atoms with Crippen molar-refractivity contribution in [3.8, 4) is 22.5 Å². The molecule has 9 aromatic carbocycles. The highest BCUT2D eigenvalue weighted by atomic mass is 32.1. The summed E-state index contributed by atoms with van der Waals surface area (Å²) < 4.78 is 7.45. The van der Waals surface area contributed by atoms with Crippen LogP contribution >= 0.6 is 11.3 Å². The van der Waals surface area contributed by atoms with Crippen LogP contribution in [0.3, 0.4) is 0 Å². The summed E-state index contributed by atoms with van der Waals surface area (Å²) in [6, 6.07) is 71.6. The zero-order valence-corrected chi connectivity index (χ0v) is 34.8. The van der Waals surface area contributed by atoms with Gasteiger partial charge in [0, 0.05) is 64.6 Å². The molecule has 13 rings (SSSR count). The van der Waals surface area contributed by atoms with Gasteiger partial charge in [-0.25, -0.2) is 0 Å². The molecule has 1 aliphatic rings. The van der Waals surface area contributed by atoms with E-state index >= 15 is 0 Å². The second-order valence-corrected chi connectivity index (χ2v) is 17.7. The van der Waals surface area contributed by atoms with Gasteiger partial charge in [0.2, 0.25) is 0 Å². The van der Waals surface area contributed by atoms with Crippen molar-refractivity contribution in [2.45, 2.75) is 6.92 Å². The van der Waals surface area contributed by atoms with E-state index in [1.54, 1.807) is 0 Å². The van der Waals surface area contributed by atoms with E-state index in [2.05, 4.69) is 228 Å². The molecule has 62 heavy (non-hydrogen) atoms. The van der Waals surface area contributed by atoms with Gasteiger partial charge >= 0.3 is 0 Å². The minimum Gasteiger partial charge on any atom is -0.309 e. The number of fused-ring (bicyclic) bond motifs is 10. The standard InChI is InChI=1S/C59H38N2S/c1-37-44(39-25-29-56-50(33-39)48-18-7-9-23-54(48)60(56)42-15-3-2-4-16-42)20-12-21-45(37)40-26-30-57-51(34-40)49-19-8-10-24-55(49)61(57)43-28-32-59-53(36-43)52-35-41(27-31-58(52)62-59)47-22-11-14-38-13-5-6-17-46(38)47/h2-19,21-37H,1H3. The Bertz CT molecular complexity index is 3910. The lowest BCUT2D eigenvalue weighted by Crippen LogP contribution is -2.04. The first kappa shape index (κ1) is 35.1. The average molecular weight is 807 g/mol. The fourth-order valence-electron chi connectivity index (χ4n) is 10.3. The molecule has 0 bridgehead atoms. The van der Waals surface area contributed by atoms with Crippen LogP contribution in [0.25, 0.3) is 108 Å². The van der Waals surface area contributed by atoms with E-state index in [4.69, 9.17) is 0 Å². The Morgan fingerprint density at radius 2 is 0.984 bits per heavy atom. The second-order valence-electron chi connectivity index (χ2n) is 16.6. The Kier molecular flexibility index (Phi) is 7.74. The first-order chi connectivity index (χ1) is 30.7. The number of hydrogen-bond acceptors (Lipinski definition) is 1. The van der Waals surface area contributed by atoms with Gasteiger partial charge in [0.05, 0.1) is 22.1 Å². The monoisotopic (exact) mass is 806 g/mol. The number of nitrogens with zero attached hydrogens (tertiary/aromatic N) is 2. The molecule has 3 aromatic heterocycles. The van der Waals surface area contributed by atoms with Gasteiger partial charge in [-0.05, 0) is 124 Å². The van der Waals surface area contributed by atoms with Crippen molar-refractivity contribution in [2.75, 3.05) is 0 Å². The lowest BCUT2D eigenvalue weighted by atomic mass is 9.82. The zero-order chi connectivity index (χ0) is 40.9. The largest absolute Gasteiger partial charge is 0.309 e. The van der Waals surface area contributed by atoms with Gasteiger partial charge in [-0.3, -0.25) is 0 Å². The van der Waals surface area contributed by atoms with Gasteiger partial charge in [0.15, 0.2) is 0 Å². The van der Waals surface area contributed by atoms with Gasteiger partial charge < -0.3 is 9.13 Å². The molecule has 12 aromatic rings. The van der Waals surface area contributed by atoms with Crippen molar-refractivity contribution in [3.63, 3.8) is 0 Å². The molecular weight excluding hydrogens is 769 g/mol. The maximum absolute atomic E-state index is 3.68. The third-order valence-corrected chi connectivity index (χ3v) is 14.4. The first-order valence-electron chi connectivity index (χ1n) is 21.4. The Labute approximate surface area is 362 Å². The topological polar surface area (TPSA) is 9.86 Å². The summed E-state index contributed by atoms with van der Waals surface area (Å²) in [4.78, 5) is 0. The van der Waals surface area contributed by atoms with E-state index in [1.165, 1.54) is 119 Å². The van der Waals surface area contributed by atoms with Crippen LogP contribution in [0.4, 0.5) is 0 Å². The SMILES string of the molecule is CC1C(c2ccc3c(c2)c2ccccc2n3-c2ccccc2)=C=CC=C1c1ccc2c(c1)c1ccccc1n2-c1ccc2sc3ccc(-c4cccc5ccccc45)cc3c2c1. The normalized spacial score (nSPS) is 14.2.